The number of amides is 1. The first-order valence-electron chi connectivity index (χ1n) is 8.94. The van der Waals surface area contributed by atoms with Crippen LogP contribution in [0.2, 0.25) is 0 Å². The number of nitrogen functional groups attached to an aromatic ring is 1. The van der Waals surface area contributed by atoms with Crippen molar-refractivity contribution < 1.29 is 9.21 Å². The van der Waals surface area contributed by atoms with Crippen molar-refractivity contribution in [2.45, 2.75) is 32.2 Å². The fourth-order valence-electron chi connectivity index (χ4n) is 3.44. The van der Waals surface area contributed by atoms with Gasteiger partial charge in [-0.3, -0.25) is 9.59 Å². The summed E-state index contributed by atoms with van der Waals surface area (Å²) in [6.07, 6.45) is 5.77. The third-order valence-corrected chi connectivity index (χ3v) is 4.74. The van der Waals surface area contributed by atoms with E-state index in [-0.39, 0.29) is 18.1 Å². The Bertz CT molecular complexity index is 1040. The van der Waals surface area contributed by atoms with Gasteiger partial charge in [-0.15, -0.1) is 0 Å². The molecular formula is C20H20N4O3. The molecule has 7 nitrogen and oxygen atoms in total. The molecule has 0 fully saturated rings. The van der Waals surface area contributed by atoms with E-state index >= 15 is 0 Å². The zero-order valence-corrected chi connectivity index (χ0v) is 14.8. The number of furan rings is 1. The molecule has 1 amide bonds. The van der Waals surface area contributed by atoms with Gasteiger partial charge in [0.25, 0.3) is 5.56 Å². The van der Waals surface area contributed by atoms with Crippen LogP contribution in [0.25, 0.3) is 11.5 Å². The molecule has 0 atom stereocenters. The molecule has 1 aliphatic carbocycles. The number of nitrogens with zero attached hydrogens (tertiary/aromatic N) is 2. The van der Waals surface area contributed by atoms with Gasteiger partial charge in [-0.05, 0) is 61.1 Å². The molecule has 3 aromatic rings. The molecule has 4 rings (SSSR count). The van der Waals surface area contributed by atoms with Crippen molar-refractivity contribution in [3.05, 3.63) is 64.1 Å². The van der Waals surface area contributed by atoms with Gasteiger partial charge in [-0.2, -0.15) is 5.10 Å². The molecule has 3 N–H and O–H groups in total. The van der Waals surface area contributed by atoms with Crippen LogP contribution in [0.5, 0.6) is 0 Å². The lowest BCUT2D eigenvalue weighted by Crippen LogP contribution is -2.31. The summed E-state index contributed by atoms with van der Waals surface area (Å²) in [4.78, 5) is 24.8. The SMILES string of the molecule is Nc1cc(-c2ccco2)nn(CC(=O)Nc2cccc3c2CCCC3)c1=O. The molecule has 1 aromatic carbocycles. The largest absolute Gasteiger partial charge is 0.463 e. The number of nitrogens with two attached hydrogens (primary N) is 1. The normalized spacial score (nSPS) is 13.2. The van der Waals surface area contributed by atoms with Gasteiger partial charge in [0.05, 0.1) is 6.26 Å². The van der Waals surface area contributed by atoms with E-state index in [1.54, 1.807) is 12.1 Å². The lowest BCUT2D eigenvalue weighted by atomic mass is 9.90. The fourth-order valence-corrected chi connectivity index (χ4v) is 3.44. The third-order valence-electron chi connectivity index (χ3n) is 4.74. The van der Waals surface area contributed by atoms with Crippen molar-refractivity contribution in [1.29, 1.82) is 0 Å². The van der Waals surface area contributed by atoms with Crippen molar-refractivity contribution in [1.82, 2.24) is 9.78 Å². The monoisotopic (exact) mass is 364 g/mol. The first kappa shape index (κ1) is 17.1. The van der Waals surface area contributed by atoms with Gasteiger partial charge in [0.1, 0.15) is 17.9 Å². The van der Waals surface area contributed by atoms with Crippen LogP contribution in [0, 0.1) is 0 Å². The van der Waals surface area contributed by atoms with Gasteiger partial charge in [-0.1, -0.05) is 12.1 Å². The van der Waals surface area contributed by atoms with Gasteiger partial charge in [0.2, 0.25) is 5.91 Å². The van der Waals surface area contributed by atoms with Crippen molar-refractivity contribution in [2.24, 2.45) is 0 Å². The van der Waals surface area contributed by atoms with Crippen LogP contribution >= 0.6 is 0 Å². The quantitative estimate of drug-likeness (QED) is 0.741. The predicted molar refractivity (Wildman–Crippen MR) is 102 cm³/mol. The van der Waals surface area contributed by atoms with Crippen molar-refractivity contribution in [2.75, 3.05) is 11.1 Å². The van der Waals surface area contributed by atoms with Crippen molar-refractivity contribution >= 4 is 17.3 Å². The molecule has 0 unspecified atom stereocenters. The zero-order valence-electron chi connectivity index (χ0n) is 14.8. The Hall–Kier alpha value is -3.35. The van der Waals surface area contributed by atoms with E-state index in [1.807, 2.05) is 12.1 Å². The Kier molecular flexibility index (Phi) is 4.50. The second-order valence-corrected chi connectivity index (χ2v) is 6.62. The Morgan fingerprint density at radius 3 is 2.89 bits per heavy atom. The van der Waals surface area contributed by atoms with Crippen LogP contribution in [0.15, 0.2) is 51.9 Å². The van der Waals surface area contributed by atoms with E-state index in [1.165, 1.54) is 29.9 Å². The first-order valence-corrected chi connectivity index (χ1v) is 8.94. The molecular weight excluding hydrogens is 344 g/mol. The number of anilines is 2. The van der Waals surface area contributed by atoms with Crippen LogP contribution in [0.1, 0.15) is 24.0 Å². The van der Waals surface area contributed by atoms with Gasteiger partial charge >= 0.3 is 0 Å². The highest BCUT2D eigenvalue weighted by molar-refractivity contribution is 5.91. The summed E-state index contributed by atoms with van der Waals surface area (Å²) in [6.45, 7) is -0.221. The summed E-state index contributed by atoms with van der Waals surface area (Å²) in [5, 5.41) is 7.13. The number of benzene rings is 1. The maximum absolute atomic E-state index is 12.6. The lowest BCUT2D eigenvalue weighted by molar-refractivity contribution is -0.117. The number of aromatic nitrogens is 2. The maximum atomic E-state index is 12.6. The summed E-state index contributed by atoms with van der Waals surface area (Å²) >= 11 is 0. The molecule has 27 heavy (non-hydrogen) atoms. The number of rotatable bonds is 4. The minimum atomic E-state index is -0.504. The molecule has 0 saturated carbocycles. The van der Waals surface area contributed by atoms with E-state index in [2.05, 4.69) is 16.5 Å². The van der Waals surface area contributed by atoms with Crippen molar-refractivity contribution in [3.8, 4) is 11.5 Å². The Balaban J connectivity index is 1.58. The van der Waals surface area contributed by atoms with Crippen LogP contribution < -0.4 is 16.6 Å². The average Bonchev–Trinajstić information content (AvgIpc) is 3.20. The van der Waals surface area contributed by atoms with Crippen molar-refractivity contribution in [3.63, 3.8) is 0 Å². The topological polar surface area (TPSA) is 103 Å². The van der Waals surface area contributed by atoms with E-state index in [4.69, 9.17) is 10.2 Å². The smallest absolute Gasteiger partial charge is 0.290 e. The number of carbonyl (C=O) groups excluding carboxylic acids is 1. The molecule has 0 saturated heterocycles. The summed E-state index contributed by atoms with van der Waals surface area (Å²) in [7, 11) is 0. The second-order valence-electron chi connectivity index (χ2n) is 6.62. The standard InChI is InChI=1S/C20H20N4O3/c21-15-11-17(18-9-4-10-27-18)23-24(20(15)26)12-19(25)22-16-8-3-6-13-5-1-2-7-14(13)16/h3-4,6,8-11H,1-2,5,7,12,21H2,(H,22,25). The molecule has 0 radical (unpaired) electrons. The van der Waals surface area contributed by atoms with Gasteiger partial charge in [-0.25, -0.2) is 4.68 Å². The van der Waals surface area contributed by atoms with Gasteiger partial charge in [0, 0.05) is 5.69 Å². The lowest BCUT2D eigenvalue weighted by Gasteiger charge is -2.19. The molecule has 138 valence electrons. The van der Waals surface area contributed by atoms with E-state index < -0.39 is 5.56 Å². The Morgan fingerprint density at radius 2 is 2.07 bits per heavy atom. The average molecular weight is 364 g/mol. The highest BCUT2D eigenvalue weighted by Gasteiger charge is 2.16. The van der Waals surface area contributed by atoms with Crippen LogP contribution in [-0.4, -0.2) is 15.7 Å². The maximum Gasteiger partial charge on any atom is 0.290 e. The number of fused-ring (bicyclic) bond motifs is 1. The summed E-state index contributed by atoms with van der Waals surface area (Å²) in [5.41, 5.74) is 8.98. The molecule has 0 spiro atoms. The summed E-state index contributed by atoms with van der Waals surface area (Å²) in [6, 6.07) is 10.8. The number of aryl methyl sites for hydroxylation is 1. The van der Waals surface area contributed by atoms with E-state index in [9.17, 15) is 9.59 Å². The minimum Gasteiger partial charge on any atom is -0.463 e. The highest BCUT2D eigenvalue weighted by Crippen LogP contribution is 2.27. The van der Waals surface area contributed by atoms with E-state index in [0.29, 0.717) is 11.5 Å². The summed E-state index contributed by atoms with van der Waals surface area (Å²) in [5.74, 6) is 0.160. The van der Waals surface area contributed by atoms with Gasteiger partial charge < -0.3 is 15.5 Å². The molecule has 0 bridgehead atoms. The predicted octanol–water partition coefficient (Wildman–Crippen LogP) is 2.60. The molecule has 7 heteroatoms. The number of nitrogens with one attached hydrogen (secondary N) is 1. The van der Waals surface area contributed by atoms with Crippen LogP contribution in [-0.2, 0) is 24.2 Å². The number of hydrogen-bond acceptors (Lipinski definition) is 5. The van der Waals surface area contributed by atoms with Crippen LogP contribution in [0.4, 0.5) is 11.4 Å². The first-order chi connectivity index (χ1) is 13.1. The summed E-state index contributed by atoms with van der Waals surface area (Å²) < 4.78 is 6.37. The molecule has 0 aliphatic heterocycles. The number of carbonyl (C=O) groups is 1. The number of hydrogen-bond donors (Lipinski definition) is 2. The Labute approximate surface area is 155 Å². The van der Waals surface area contributed by atoms with E-state index in [0.717, 1.165) is 29.6 Å². The molecule has 1 aliphatic rings. The highest BCUT2D eigenvalue weighted by atomic mass is 16.3. The zero-order chi connectivity index (χ0) is 18.8. The Morgan fingerprint density at radius 1 is 1.22 bits per heavy atom. The fraction of sp³-hybridized carbons (Fsp3) is 0.250. The second kappa shape index (κ2) is 7.11. The van der Waals surface area contributed by atoms with Crippen LogP contribution in [0.3, 0.4) is 0 Å². The third kappa shape index (κ3) is 3.48. The van der Waals surface area contributed by atoms with Gasteiger partial charge in [0.15, 0.2) is 5.76 Å². The minimum absolute atomic E-state index is 0.0151. The molecule has 2 aromatic heterocycles. The molecule has 2 heterocycles.